The lowest BCUT2D eigenvalue weighted by Gasteiger charge is -2.21. The molecule has 0 aliphatic rings. The standard InChI is InChI=1S/C26H26N4O/c1-29(2)25-12-11-20-15-22(10-9-21(20)16-25)26(31)19-30(17-23-7-3-5-13-27-23)18-24-8-4-6-14-28-24/h3-16H,17-19H2,1-2H3. The lowest BCUT2D eigenvalue weighted by molar-refractivity contribution is 0.0918. The largest absolute Gasteiger partial charge is 0.378 e. The molecule has 0 saturated carbocycles. The fourth-order valence-electron chi connectivity index (χ4n) is 3.59. The van der Waals surface area contributed by atoms with Gasteiger partial charge in [0.1, 0.15) is 0 Å². The van der Waals surface area contributed by atoms with Crippen molar-refractivity contribution in [3.63, 3.8) is 0 Å². The summed E-state index contributed by atoms with van der Waals surface area (Å²) in [6, 6.07) is 23.9. The van der Waals surface area contributed by atoms with Crippen LogP contribution in [0.4, 0.5) is 5.69 Å². The molecule has 0 radical (unpaired) electrons. The van der Waals surface area contributed by atoms with Crippen LogP contribution in [0.25, 0.3) is 10.8 Å². The third kappa shape index (κ3) is 5.32. The molecule has 0 aliphatic carbocycles. The van der Waals surface area contributed by atoms with Crippen molar-refractivity contribution in [3.05, 3.63) is 102 Å². The molecule has 5 heteroatoms. The van der Waals surface area contributed by atoms with Crippen molar-refractivity contribution in [2.75, 3.05) is 25.5 Å². The molecular formula is C26H26N4O. The van der Waals surface area contributed by atoms with Gasteiger partial charge in [0, 0.05) is 50.8 Å². The van der Waals surface area contributed by atoms with E-state index in [1.165, 1.54) is 0 Å². The SMILES string of the molecule is CN(C)c1ccc2cc(C(=O)CN(Cc3ccccn3)Cc3ccccn3)ccc2c1. The monoisotopic (exact) mass is 410 g/mol. The molecule has 2 heterocycles. The predicted molar refractivity (Wildman–Crippen MR) is 125 cm³/mol. The first kappa shape index (κ1) is 20.7. The second kappa shape index (κ2) is 9.49. The summed E-state index contributed by atoms with van der Waals surface area (Å²) in [5.41, 5.74) is 3.72. The van der Waals surface area contributed by atoms with Crippen molar-refractivity contribution >= 4 is 22.2 Å². The van der Waals surface area contributed by atoms with Gasteiger partial charge in [0.2, 0.25) is 0 Å². The van der Waals surface area contributed by atoms with Crippen LogP contribution in [0, 0.1) is 0 Å². The van der Waals surface area contributed by atoms with E-state index in [2.05, 4.69) is 38.0 Å². The molecule has 0 amide bonds. The highest BCUT2D eigenvalue weighted by molar-refractivity contribution is 6.01. The summed E-state index contributed by atoms with van der Waals surface area (Å²) in [7, 11) is 4.05. The predicted octanol–water partition coefficient (Wildman–Crippen LogP) is 4.58. The Labute approximate surface area is 183 Å². The zero-order chi connectivity index (χ0) is 21.6. The average Bonchev–Trinajstić information content (AvgIpc) is 2.79. The zero-order valence-corrected chi connectivity index (χ0v) is 17.9. The van der Waals surface area contributed by atoms with Crippen molar-refractivity contribution in [2.45, 2.75) is 13.1 Å². The Morgan fingerprint density at radius 1 is 0.774 bits per heavy atom. The number of carbonyl (C=O) groups excluding carboxylic acids is 1. The molecule has 0 saturated heterocycles. The van der Waals surface area contributed by atoms with Crippen LogP contribution in [-0.2, 0) is 13.1 Å². The second-order valence-electron chi connectivity index (χ2n) is 7.85. The summed E-state index contributed by atoms with van der Waals surface area (Å²) >= 11 is 0. The van der Waals surface area contributed by atoms with Crippen LogP contribution >= 0.6 is 0 Å². The van der Waals surface area contributed by atoms with E-state index < -0.39 is 0 Å². The van der Waals surface area contributed by atoms with E-state index in [1.807, 2.05) is 68.7 Å². The van der Waals surface area contributed by atoms with Crippen LogP contribution < -0.4 is 4.90 Å². The highest BCUT2D eigenvalue weighted by atomic mass is 16.1. The molecule has 2 aromatic heterocycles. The Hall–Kier alpha value is -3.57. The van der Waals surface area contributed by atoms with Gasteiger partial charge in [-0.2, -0.15) is 0 Å². The van der Waals surface area contributed by atoms with Crippen LogP contribution in [0.2, 0.25) is 0 Å². The molecule has 0 N–H and O–H groups in total. The van der Waals surface area contributed by atoms with Crippen LogP contribution in [0.15, 0.2) is 85.2 Å². The van der Waals surface area contributed by atoms with Gasteiger partial charge in [-0.3, -0.25) is 19.7 Å². The molecule has 5 nitrogen and oxygen atoms in total. The van der Waals surface area contributed by atoms with Gasteiger partial charge in [0.15, 0.2) is 5.78 Å². The van der Waals surface area contributed by atoms with Gasteiger partial charge >= 0.3 is 0 Å². The fourth-order valence-corrected chi connectivity index (χ4v) is 3.59. The number of Topliss-reactive ketones (excluding diaryl/α,β-unsaturated/α-hetero) is 1. The van der Waals surface area contributed by atoms with Gasteiger partial charge < -0.3 is 4.90 Å². The number of fused-ring (bicyclic) bond motifs is 1. The average molecular weight is 411 g/mol. The number of pyridine rings is 2. The molecule has 0 aliphatic heterocycles. The molecule has 0 unspecified atom stereocenters. The van der Waals surface area contributed by atoms with Gasteiger partial charge in [0.05, 0.1) is 17.9 Å². The molecular weight excluding hydrogens is 384 g/mol. The number of hydrogen-bond donors (Lipinski definition) is 0. The number of ketones is 1. The van der Waals surface area contributed by atoms with Crippen molar-refractivity contribution in [1.82, 2.24) is 14.9 Å². The molecule has 0 bridgehead atoms. The van der Waals surface area contributed by atoms with Crippen LogP contribution in [-0.4, -0.2) is 41.3 Å². The Morgan fingerprint density at radius 3 is 1.97 bits per heavy atom. The van der Waals surface area contributed by atoms with Crippen molar-refractivity contribution < 1.29 is 4.79 Å². The first-order valence-electron chi connectivity index (χ1n) is 10.3. The molecule has 31 heavy (non-hydrogen) atoms. The van der Waals surface area contributed by atoms with Gasteiger partial charge in [-0.15, -0.1) is 0 Å². The van der Waals surface area contributed by atoms with E-state index >= 15 is 0 Å². The zero-order valence-electron chi connectivity index (χ0n) is 17.9. The maximum atomic E-state index is 13.2. The van der Waals surface area contributed by atoms with Crippen LogP contribution in [0.1, 0.15) is 21.7 Å². The Bertz CT molecular complexity index is 1120. The van der Waals surface area contributed by atoms with E-state index in [-0.39, 0.29) is 5.78 Å². The number of benzene rings is 2. The molecule has 0 atom stereocenters. The minimum Gasteiger partial charge on any atom is -0.378 e. The van der Waals surface area contributed by atoms with E-state index in [1.54, 1.807) is 12.4 Å². The van der Waals surface area contributed by atoms with Gasteiger partial charge in [-0.1, -0.05) is 30.3 Å². The van der Waals surface area contributed by atoms with Crippen molar-refractivity contribution in [3.8, 4) is 0 Å². The topological polar surface area (TPSA) is 49.3 Å². The summed E-state index contributed by atoms with van der Waals surface area (Å²) in [5.74, 6) is 0.0884. The number of anilines is 1. The minimum absolute atomic E-state index is 0.0884. The highest BCUT2D eigenvalue weighted by Gasteiger charge is 2.15. The maximum absolute atomic E-state index is 13.2. The third-order valence-corrected chi connectivity index (χ3v) is 5.25. The van der Waals surface area contributed by atoms with E-state index in [4.69, 9.17) is 0 Å². The smallest absolute Gasteiger partial charge is 0.176 e. The van der Waals surface area contributed by atoms with E-state index in [9.17, 15) is 4.79 Å². The Morgan fingerprint density at radius 2 is 1.39 bits per heavy atom. The highest BCUT2D eigenvalue weighted by Crippen LogP contribution is 2.22. The molecule has 2 aromatic carbocycles. The van der Waals surface area contributed by atoms with Crippen LogP contribution in [0.3, 0.4) is 0 Å². The van der Waals surface area contributed by atoms with Gasteiger partial charge in [0.25, 0.3) is 0 Å². The molecule has 156 valence electrons. The number of nitrogens with zero attached hydrogens (tertiary/aromatic N) is 4. The van der Waals surface area contributed by atoms with Gasteiger partial charge in [-0.25, -0.2) is 0 Å². The fraction of sp³-hybridized carbons (Fsp3) is 0.192. The quantitative estimate of drug-likeness (QED) is 0.398. The van der Waals surface area contributed by atoms with Crippen LogP contribution in [0.5, 0.6) is 0 Å². The Balaban J connectivity index is 1.55. The minimum atomic E-state index is 0.0884. The number of carbonyl (C=O) groups is 1. The third-order valence-electron chi connectivity index (χ3n) is 5.25. The summed E-state index contributed by atoms with van der Waals surface area (Å²) in [5, 5.41) is 2.19. The molecule has 4 rings (SSSR count). The normalized spacial score (nSPS) is 11.1. The Kier molecular flexibility index (Phi) is 6.34. The lowest BCUT2D eigenvalue weighted by atomic mass is 10.0. The van der Waals surface area contributed by atoms with E-state index in [0.717, 1.165) is 33.4 Å². The number of hydrogen-bond acceptors (Lipinski definition) is 5. The first-order chi connectivity index (χ1) is 15.1. The second-order valence-corrected chi connectivity index (χ2v) is 7.85. The summed E-state index contributed by atoms with van der Waals surface area (Å²) in [6.07, 6.45) is 3.56. The summed E-state index contributed by atoms with van der Waals surface area (Å²) < 4.78 is 0. The van der Waals surface area contributed by atoms with Gasteiger partial charge in [-0.05, 0) is 53.2 Å². The summed E-state index contributed by atoms with van der Waals surface area (Å²) in [6.45, 7) is 1.47. The van der Waals surface area contributed by atoms with E-state index in [0.29, 0.717) is 19.6 Å². The number of aromatic nitrogens is 2. The number of rotatable bonds is 8. The molecule has 0 fully saturated rings. The maximum Gasteiger partial charge on any atom is 0.176 e. The van der Waals surface area contributed by atoms with Crippen molar-refractivity contribution in [1.29, 1.82) is 0 Å². The van der Waals surface area contributed by atoms with Crippen molar-refractivity contribution in [2.24, 2.45) is 0 Å². The first-order valence-corrected chi connectivity index (χ1v) is 10.3. The molecule has 0 spiro atoms. The lowest BCUT2D eigenvalue weighted by Crippen LogP contribution is -2.30. The molecule has 4 aromatic rings. The summed E-state index contributed by atoms with van der Waals surface area (Å²) in [4.78, 5) is 26.2.